The number of hydrogen-bond acceptors (Lipinski definition) is 2. The number of hydrogen-bond donors (Lipinski definition) is 1. The van der Waals surface area contributed by atoms with E-state index < -0.39 is 0 Å². The maximum atomic E-state index is 11.0. The van der Waals surface area contributed by atoms with E-state index in [1.807, 2.05) is 30.3 Å². The van der Waals surface area contributed by atoms with E-state index in [4.69, 9.17) is 0 Å². The van der Waals surface area contributed by atoms with Crippen molar-refractivity contribution in [3.05, 3.63) is 42.0 Å². The van der Waals surface area contributed by atoms with E-state index >= 15 is 0 Å². The Morgan fingerprint density at radius 2 is 2.07 bits per heavy atom. The molecule has 0 unspecified atom stereocenters. The minimum atomic E-state index is -0.294. The molecule has 71 valence electrons. The Morgan fingerprint density at radius 3 is 2.71 bits per heavy atom. The van der Waals surface area contributed by atoms with Crippen LogP contribution in [0.1, 0.15) is 5.56 Å². The number of nitrogens with one attached hydrogen (secondary N) is 1. The van der Waals surface area contributed by atoms with Crippen molar-refractivity contribution in [3.63, 3.8) is 0 Å². The predicted molar refractivity (Wildman–Crippen MR) is 54.2 cm³/mol. The molecule has 0 aromatic heterocycles. The Hall–Kier alpha value is -1.90. The molecule has 3 heteroatoms. The molecule has 1 aromatic carbocycles. The summed E-state index contributed by atoms with van der Waals surface area (Å²) in [5, 5.41) is 2.35. The van der Waals surface area contributed by atoms with Gasteiger partial charge in [0.05, 0.1) is 6.54 Å². The van der Waals surface area contributed by atoms with Gasteiger partial charge in [-0.05, 0) is 11.6 Å². The summed E-state index contributed by atoms with van der Waals surface area (Å²) >= 11 is 0. The molecule has 0 heterocycles. The number of carbonyl (C=O) groups is 1. The van der Waals surface area contributed by atoms with E-state index in [9.17, 15) is 9.59 Å². The third-order valence-electron chi connectivity index (χ3n) is 1.56. The first-order chi connectivity index (χ1) is 6.83. The van der Waals surface area contributed by atoms with Crippen LogP contribution in [0.25, 0.3) is 6.08 Å². The highest BCUT2D eigenvalue weighted by Gasteiger charge is 1.92. The summed E-state index contributed by atoms with van der Waals surface area (Å²) in [6, 6.07) is 9.44. The first-order valence-corrected chi connectivity index (χ1v) is 4.19. The molecule has 3 nitrogen and oxygen atoms in total. The fourth-order valence-electron chi connectivity index (χ4n) is 0.918. The largest absolute Gasteiger partial charge is 0.345 e. The van der Waals surface area contributed by atoms with E-state index in [2.05, 4.69) is 5.32 Å². The molecule has 0 spiro atoms. The lowest BCUT2D eigenvalue weighted by Crippen LogP contribution is -2.22. The van der Waals surface area contributed by atoms with Gasteiger partial charge in [-0.1, -0.05) is 30.3 Å². The van der Waals surface area contributed by atoms with Gasteiger partial charge in [0.25, 0.3) is 0 Å². The maximum absolute atomic E-state index is 11.0. The van der Waals surface area contributed by atoms with Gasteiger partial charge in [0.1, 0.15) is 0 Å². The zero-order valence-electron chi connectivity index (χ0n) is 7.57. The van der Waals surface area contributed by atoms with Crippen LogP contribution in [-0.4, -0.2) is 18.7 Å². The maximum Gasteiger partial charge on any atom is 0.244 e. The normalized spacial score (nSPS) is 10.0. The van der Waals surface area contributed by atoms with Crippen LogP contribution >= 0.6 is 0 Å². The van der Waals surface area contributed by atoms with Gasteiger partial charge in [-0.3, -0.25) is 9.59 Å². The summed E-state index contributed by atoms with van der Waals surface area (Å²) in [5.41, 5.74) is 0.942. The Morgan fingerprint density at radius 1 is 1.36 bits per heavy atom. The second-order valence-electron chi connectivity index (χ2n) is 2.61. The number of rotatable bonds is 4. The van der Waals surface area contributed by atoms with Crippen LogP contribution in [0.5, 0.6) is 0 Å². The SMILES string of the molecule is O=[C]CNC(=O)/C=C/c1ccccc1. The van der Waals surface area contributed by atoms with Gasteiger partial charge in [0, 0.05) is 6.08 Å². The van der Waals surface area contributed by atoms with Crippen molar-refractivity contribution >= 4 is 18.3 Å². The molecule has 1 amide bonds. The molecule has 0 bridgehead atoms. The molecule has 0 aliphatic carbocycles. The van der Waals surface area contributed by atoms with Crippen LogP contribution in [0, 0.1) is 0 Å². The Kier molecular flexibility index (Phi) is 4.14. The zero-order chi connectivity index (χ0) is 10.2. The molecule has 0 saturated heterocycles. The number of benzene rings is 1. The molecule has 0 aliphatic rings. The van der Waals surface area contributed by atoms with Gasteiger partial charge in [-0.15, -0.1) is 0 Å². The van der Waals surface area contributed by atoms with E-state index in [0.29, 0.717) is 0 Å². The average molecular weight is 188 g/mol. The quantitative estimate of drug-likeness (QED) is 0.714. The van der Waals surface area contributed by atoms with Gasteiger partial charge in [0.15, 0.2) is 0 Å². The van der Waals surface area contributed by atoms with Crippen LogP contribution in [0.3, 0.4) is 0 Å². The summed E-state index contributed by atoms with van der Waals surface area (Å²) in [5.74, 6) is -0.294. The van der Waals surface area contributed by atoms with Crippen molar-refractivity contribution in [1.82, 2.24) is 5.32 Å². The summed E-state index contributed by atoms with van der Waals surface area (Å²) in [7, 11) is 0. The first-order valence-electron chi connectivity index (χ1n) is 4.19. The first kappa shape index (κ1) is 10.2. The number of carbonyl (C=O) groups excluding carboxylic acids is 2. The highest BCUT2D eigenvalue weighted by molar-refractivity contribution is 5.92. The molecule has 1 rings (SSSR count). The highest BCUT2D eigenvalue weighted by atomic mass is 16.2. The van der Waals surface area contributed by atoms with Crippen LogP contribution in [0.15, 0.2) is 36.4 Å². The topological polar surface area (TPSA) is 46.2 Å². The summed E-state index contributed by atoms with van der Waals surface area (Å²) in [4.78, 5) is 20.8. The fourth-order valence-corrected chi connectivity index (χ4v) is 0.918. The molecule has 1 aromatic rings. The molecule has 1 N–H and O–H groups in total. The van der Waals surface area contributed by atoms with E-state index in [-0.39, 0.29) is 12.5 Å². The van der Waals surface area contributed by atoms with Crippen LogP contribution in [0.4, 0.5) is 0 Å². The molecule has 0 atom stereocenters. The van der Waals surface area contributed by atoms with E-state index in [1.165, 1.54) is 6.08 Å². The summed E-state index contributed by atoms with van der Waals surface area (Å²) < 4.78 is 0. The molecule has 1 radical (unpaired) electrons. The van der Waals surface area contributed by atoms with Crippen LogP contribution in [0.2, 0.25) is 0 Å². The van der Waals surface area contributed by atoms with Gasteiger partial charge in [-0.2, -0.15) is 0 Å². The van der Waals surface area contributed by atoms with Crippen LogP contribution < -0.4 is 5.32 Å². The van der Waals surface area contributed by atoms with Crippen molar-refractivity contribution in [1.29, 1.82) is 0 Å². The molecular formula is C11H10NO2. The molecule has 0 saturated carbocycles. The third kappa shape index (κ3) is 3.67. The fraction of sp³-hybridized carbons (Fsp3) is 0.0909. The average Bonchev–Trinajstić information content (AvgIpc) is 2.25. The minimum Gasteiger partial charge on any atom is -0.345 e. The Labute approximate surface area is 82.4 Å². The van der Waals surface area contributed by atoms with Gasteiger partial charge >= 0.3 is 0 Å². The van der Waals surface area contributed by atoms with Crippen molar-refractivity contribution < 1.29 is 9.59 Å². The second kappa shape index (κ2) is 5.70. The summed E-state index contributed by atoms with van der Waals surface area (Å²) in [6.07, 6.45) is 4.64. The summed E-state index contributed by atoms with van der Waals surface area (Å²) in [6.45, 7) is -0.0715. The zero-order valence-corrected chi connectivity index (χ0v) is 7.57. The predicted octanol–water partition coefficient (Wildman–Crippen LogP) is 0.926. The van der Waals surface area contributed by atoms with Gasteiger partial charge in [-0.25, -0.2) is 0 Å². The van der Waals surface area contributed by atoms with Crippen molar-refractivity contribution in [3.8, 4) is 0 Å². The van der Waals surface area contributed by atoms with Crippen LogP contribution in [-0.2, 0) is 9.59 Å². The van der Waals surface area contributed by atoms with Gasteiger partial charge < -0.3 is 5.32 Å². The smallest absolute Gasteiger partial charge is 0.244 e. The monoisotopic (exact) mass is 188 g/mol. The lowest BCUT2D eigenvalue weighted by molar-refractivity contribution is -0.116. The van der Waals surface area contributed by atoms with Crippen molar-refractivity contribution in [2.24, 2.45) is 0 Å². The molecule has 0 fully saturated rings. The van der Waals surface area contributed by atoms with E-state index in [1.54, 1.807) is 12.4 Å². The molecular weight excluding hydrogens is 178 g/mol. The highest BCUT2D eigenvalue weighted by Crippen LogP contribution is 2.00. The molecule has 0 aliphatic heterocycles. The number of amides is 1. The Balaban J connectivity index is 2.48. The second-order valence-corrected chi connectivity index (χ2v) is 2.61. The standard InChI is InChI=1S/C11H10NO2/c13-9-8-12-11(14)7-6-10-4-2-1-3-5-10/h1-7H,8H2,(H,12,14)/b7-6+. The third-order valence-corrected chi connectivity index (χ3v) is 1.56. The minimum absolute atomic E-state index is 0.0715. The van der Waals surface area contributed by atoms with Gasteiger partial charge in [0.2, 0.25) is 12.2 Å². The Bertz CT molecular complexity index is 330. The van der Waals surface area contributed by atoms with Crippen molar-refractivity contribution in [2.45, 2.75) is 0 Å². The lowest BCUT2D eigenvalue weighted by atomic mass is 10.2. The van der Waals surface area contributed by atoms with Crippen molar-refractivity contribution in [2.75, 3.05) is 6.54 Å². The lowest BCUT2D eigenvalue weighted by Gasteiger charge is -1.93. The van der Waals surface area contributed by atoms with E-state index in [0.717, 1.165) is 5.56 Å². The molecule has 14 heavy (non-hydrogen) atoms.